The van der Waals surface area contributed by atoms with Gasteiger partial charge in [0.2, 0.25) is 0 Å². The fourth-order valence-corrected chi connectivity index (χ4v) is 8.38. The molecule has 1 aliphatic rings. The van der Waals surface area contributed by atoms with E-state index in [0.29, 0.717) is 30.2 Å². The van der Waals surface area contributed by atoms with E-state index in [1.165, 1.54) is 11.4 Å². The predicted molar refractivity (Wildman–Crippen MR) is 198 cm³/mol. The number of carbonyl (C=O) groups excluding carboxylic acids is 2. The van der Waals surface area contributed by atoms with Crippen LogP contribution < -0.4 is 15.4 Å². The molecule has 4 aromatic rings. The molecule has 268 valence electrons. The van der Waals surface area contributed by atoms with Crippen molar-refractivity contribution in [1.82, 2.24) is 9.21 Å². The Labute approximate surface area is 298 Å². The number of nitrogens with one attached hydrogen (secondary N) is 2. The average molecular weight is 723 g/mol. The van der Waals surface area contributed by atoms with Crippen LogP contribution in [0.2, 0.25) is 0 Å². The monoisotopic (exact) mass is 722 g/mol. The van der Waals surface area contributed by atoms with E-state index in [-0.39, 0.29) is 41.5 Å². The number of hydrogen-bond acceptors (Lipinski definition) is 8. The Hall–Kier alpha value is -4.01. The molecule has 0 spiro atoms. The molecule has 3 N–H and O–H groups in total. The number of rotatable bonds is 8. The molecule has 0 radical (unpaired) electrons. The highest BCUT2D eigenvalue weighted by Gasteiger charge is 2.32. The number of likely N-dealkylation sites (N-methyl/N-ethyl adjacent to an activating group) is 1. The first-order valence-electron chi connectivity index (χ1n) is 16.9. The van der Waals surface area contributed by atoms with Crippen LogP contribution in [-0.2, 0) is 14.8 Å². The molecule has 4 atom stereocenters. The van der Waals surface area contributed by atoms with Crippen molar-refractivity contribution >= 4 is 55.4 Å². The standard InChI is InChI=1S/C37H46N4O7S2/c1-25-22-41(26(2)24-42)36(43)31-21-29(38-37(44)39-32-15-9-13-28-12-5-6-14-30(28)32)17-18-33(31)48-27(3)11-7-8-19-47-34(25)23-40(4)50(45,46)35-16-10-20-49-35/h5-6,9-10,12-18,20-21,25-27,34,42H,7-8,11,19,22-24H2,1-4H3,(H2,38,39,44)/t25-,26-,27-,34+/m1/s1. The van der Waals surface area contributed by atoms with Crippen LogP contribution in [0.15, 0.2) is 82.4 Å². The summed E-state index contributed by atoms with van der Waals surface area (Å²) in [5, 5.41) is 19.6. The molecule has 50 heavy (non-hydrogen) atoms. The zero-order valence-corrected chi connectivity index (χ0v) is 30.5. The third-order valence-electron chi connectivity index (χ3n) is 8.94. The van der Waals surface area contributed by atoms with Crippen molar-refractivity contribution in [2.24, 2.45) is 5.92 Å². The molecule has 11 nitrogen and oxygen atoms in total. The Balaban J connectivity index is 1.42. The van der Waals surface area contributed by atoms with E-state index in [2.05, 4.69) is 10.6 Å². The number of fused-ring (bicyclic) bond motifs is 2. The van der Waals surface area contributed by atoms with Crippen LogP contribution in [-0.4, -0.2) is 86.3 Å². The van der Waals surface area contributed by atoms with Gasteiger partial charge < -0.3 is 30.1 Å². The number of carbonyl (C=O) groups is 2. The zero-order valence-electron chi connectivity index (χ0n) is 28.9. The highest BCUT2D eigenvalue weighted by molar-refractivity contribution is 7.91. The summed E-state index contributed by atoms with van der Waals surface area (Å²) in [5.41, 5.74) is 1.27. The molecule has 0 bridgehead atoms. The van der Waals surface area contributed by atoms with Gasteiger partial charge in [0.25, 0.3) is 15.9 Å². The molecule has 13 heteroatoms. The summed E-state index contributed by atoms with van der Waals surface area (Å²) >= 11 is 1.16. The Kier molecular flexibility index (Phi) is 12.5. The van der Waals surface area contributed by atoms with E-state index in [1.807, 2.05) is 56.3 Å². The quantitative estimate of drug-likeness (QED) is 0.185. The molecule has 0 saturated heterocycles. The fraction of sp³-hybridized carbons (Fsp3) is 0.405. The van der Waals surface area contributed by atoms with Crippen LogP contribution in [0.3, 0.4) is 0 Å². The highest BCUT2D eigenvalue weighted by Crippen LogP contribution is 2.30. The summed E-state index contributed by atoms with van der Waals surface area (Å²) < 4.78 is 40.7. The van der Waals surface area contributed by atoms with E-state index >= 15 is 0 Å². The predicted octanol–water partition coefficient (Wildman–Crippen LogP) is 6.66. The number of aliphatic hydroxyl groups is 1. The summed E-state index contributed by atoms with van der Waals surface area (Å²) in [7, 11) is -2.19. The molecule has 2 heterocycles. The minimum atomic E-state index is -3.72. The largest absolute Gasteiger partial charge is 0.490 e. The third-order valence-corrected chi connectivity index (χ3v) is 12.1. The Bertz CT molecular complexity index is 1860. The SMILES string of the molecule is C[C@@H]1CCCCO[C@@H](CN(C)S(=O)(=O)c2cccs2)[C@H](C)CN([C@H](C)CO)C(=O)c2cc(NC(=O)Nc3cccc4ccccc34)ccc2O1. The number of anilines is 2. The summed E-state index contributed by atoms with van der Waals surface area (Å²) in [6.45, 7) is 5.99. The lowest BCUT2D eigenvalue weighted by molar-refractivity contribution is -0.00832. The number of nitrogens with zero attached hydrogens (tertiary/aromatic N) is 2. The molecule has 1 aromatic heterocycles. The van der Waals surface area contributed by atoms with Gasteiger partial charge in [0.1, 0.15) is 9.96 Å². The minimum absolute atomic E-state index is 0.0902. The van der Waals surface area contributed by atoms with E-state index < -0.39 is 34.1 Å². The molecule has 3 amide bonds. The number of benzene rings is 3. The van der Waals surface area contributed by atoms with Gasteiger partial charge in [0.15, 0.2) is 0 Å². The third kappa shape index (κ3) is 9.01. The van der Waals surface area contributed by atoms with Gasteiger partial charge in [-0.25, -0.2) is 13.2 Å². The number of aliphatic hydroxyl groups excluding tert-OH is 1. The molecule has 1 aliphatic heterocycles. The van der Waals surface area contributed by atoms with Crippen LogP contribution in [0, 0.1) is 5.92 Å². The van der Waals surface area contributed by atoms with Gasteiger partial charge in [0, 0.05) is 43.7 Å². The Morgan fingerprint density at radius 1 is 1.06 bits per heavy atom. The molecule has 3 aromatic carbocycles. The van der Waals surface area contributed by atoms with Crippen molar-refractivity contribution in [2.75, 3.05) is 44.0 Å². The van der Waals surface area contributed by atoms with Gasteiger partial charge in [-0.1, -0.05) is 49.4 Å². The summed E-state index contributed by atoms with van der Waals surface area (Å²) in [4.78, 5) is 29.2. The molecule has 0 aliphatic carbocycles. The van der Waals surface area contributed by atoms with Gasteiger partial charge in [0.05, 0.1) is 36.1 Å². The first-order valence-corrected chi connectivity index (χ1v) is 19.2. The van der Waals surface area contributed by atoms with Crippen molar-refractivity contribution in [3.8, 4) is 5.75 Å². The van der Waals surface area contributed by atoms with E-state index in [0.717, 1.165) is 35.0 Å². The maximum absolute atomic E-state index is 14.4. The van der Waals surface area contributed by atoms with E-state index in [1.54, 1.807) is 47.5 Å². The second kappa shape index (κ2) is 16.8. The number of urea groups is 1. The first kappa shape index (κ1) is 37.3. The lowest BCUT2D eigenvalue weighted by Gasteiger charge is -2.35. The van der Waals surface area contributed by atoms with Crippen LogP contribution in [0.1, 0.15) is 50.4 Å². The molecule has 5 rings (SSSR count). The second-order valence-corrected chi connectivity index (χ2v) is 16.1. The number of hydrogen-bond donors (Lipinski definition) is 3. The molecule has 0 fully saturated rings. The average Bonchev–Trinajstić information content (AvgIpc) is 3.66. The van der Waals surface area contributed by atoms with E-state index in [9.17, 15) is 23.1 Å². The molecular formula is C37H46N4O7S2. The maximum Gasteiger partial charge on any atom is 0.323 e. The van der Waals surface area contributed by atoms with E-state index in [4.69, 9.17) is 9.47 Å². The topological polar surface area (TPSA) is 138 Å². The fourth-order valence-electron chi connectivity index (χ4n) is 6.00. The lowest BCUT2D eigenvalue weighted by Crippen LogP contribution is -2.48. The van der Waals surface area contributed by atoms with Gasteiger partial charge in [-0.15, -0.1) is 11.3 Å². The number of ether oxygens (including phenoxy) is 2. The van der Waals surface area contributed by atoms with Gasteiger partial charge in [-0.2, -0.15) is 4.31 Å². The summed E-state index contributed by atoms with van der Waals surface area (Å²) in [5.74, 6) is -0.334. The molecule has 0 saturated carbocycles. The first-order chi connectivity index (χ1) is 24.0. The van der Waals surface area contributed by atoms with Gasteiger partial charge >= 0.3 is 6.03 Å². The normalized spacial score (nSPS) is 20.1. The zero-order chi connectivity index (χ0) is 35.8. The highest BCUT2D eigenvalue weighted by atomic mass is 32.2. The van der Waals surface area contributed by atoms with Crippen LogP contribution in [0.25, 0.3) is 10.8 Å². The molecule has 0 unspecified atom stereocenters. The van der Waals surface area contributed by atoms with Crippen molar-refractivity contribution < 1.29 is 32.6 Å². The van der Waals surface area contributed by atoms with Crippen LogP contribution in [0.4, 0.5) is 16.2 Å². The number of thiophene rings is 1. The second-order valence-electron chi connectivity index (χ2n) is 12.8. The Morgan fingerprint density at radius 2 is 1.84 bits per heavy atom. The smallest absolute Gasteiger partial charge is 0.323 e. The lowest BCUT2D eigenvalue weighted by atomic mass is 10.0. The van der Waals surface area contributed by atoms with Gasteiger partial charge in [-0.3, -0.25) is 4.79 Å². The van der Waals surface area contributed by atoms with Crippen molar-refractivity contribution in [3.63, 3.8) is 0 Å². The van der Waals surface area contributed by atoms with Crippen molar-refractivity contribution in [3.05, 3.63) is 83.7 Å². The maximum atomic E-state index is 14.4. The number of amides is 3. The minimum Gasteiger partial charge on any atom is -0.490 e. The summed E-state index contributed by atoms with van der Waals surface area (Å²) in [6, 6.07) is 20.6. The van der Waals surface area contributed by atoms with Crippen molar-refractivity contribution in [1.29, 1.82) is 0 Å². The Morgan fingerprint density at radius 3 is 2.60 bits per heavy atom. The van der Waals surface area contributed by atoms with Crippen LogP contribution >= 0.6 is 11.3 Å². The van der Waals surface area contributed by atoms with Gasteiger partial charge in [-0.05, 0) is 74.2 Å². The number of sulfonamides is 1. The summed E-state index contributed by atoms with van der Waals surface area (Å²) in [6.07, 6.45) is 1.50. The molecular weight excluding hydrogens is 677 g/mol. The van der Waals surface area contributed by atoms with Crippen LogP contribution in [0.5, 0.6) is 5.75 Å². The van der Waals surface area contributed by atoms with Crippen molar-refractivity contribution in [2.45, 2.75) is 62.5 Å².